The Kier molecular flexibility index (Phi) is 8.07. The quantitative estimate of drug-likeness (QED) is 0.574. The van der Waals surface area contributed by atoms with Crippen molar-refractivity contribution in [2.75, 3.05) is 25.5 Å². The minimum absolute atomic E-state index is 0.000932. The van der Waals surface area contributed by atoms with Gasteiger partial charge in [0.05, 0.1) is 7.05 Å². The molecule has 0 bridgehead atoms. The van der Waals surface area contributed by atoms with E-state index >= 15 is 0 Å². The first-order chi connectivity index (χ1) is 11.7. The van der Waals surface area contributed by atoms with Gasteiger partial charge in [0.15, 0.2) is 13.1 Å². The van der Waals surface area contributed by atoms with Gasteiger partial charge in [-0.25, -0.2) is 4.79 Å². The Labute approximate surface area is 149 Å². The number of hydrogen-bond acceptors (Lipinski definition) is 3. The minimum Gasteiger partial charge on any atom is -0.335 e. The van der Waals surface area contributed by atoms with Gasteiger partial charge in [0.1, 0.15) is 0 Å². The standard InChI is InChI=1S/C18H28N4O3/c1-6-14(4)19-18(25)21-16(24)11-22(5)10-15(23)20-17-12(2)8-7-9-13(17)3/h7-9,14H,6,10-11H2,1-5H3,(H,20,23)(H2,19,21,24,25)/p+1/t14-/m1/s1. The molecule has 0 aliphatic heterocycles. The highest BCUT2D eigenvalue weighted by Gasteiger charge is 2.17. The number of carbonyl (C=O) groups is 3. The fraction of sp³-hybridized carbons (Fsp3) is 0.500. The van der Waals surface area contributed by atoms with Gasteiger partial charge in [-0.2, -0.15) is 0 Å². The van der Waals surface area contributed by atoms with Crippen LogP contribution in [-0.2, 0) is 9.59 Å². The van der Waals surface area contributed by atoms with Crippen LogP contribution in [0.25, 0.3) is 0 Å². The summed E-state index contributed by atoms with van der Waals surface area (Å²) >= 11 is 0. The predicted molar refractivity (Wildman–Crippen MR) is 97.6 cm³/mol. The molecule has 0 saturated carbocycles. The number of amides is 4. The molecule has 1 unspecified atom stereocenters. The summed E-state index contributed by atoms with van der Waals surface area (Å²) in [7, 11) is 1.73. The summed E-state index contributed by atoms with van der Waals surface area (Å²) in [6.45, 7) is 7.84. The van der Waals surface area contributed by atoms with Crippen molar-refractivity contribution in [1.29, 1.82) is 0 Å². The molecule has 138 valence electrons. The summed E-state index contributed by atoms with van der Waals surface area (Å²) in [6, 6.07) is 5.30. The molecule has 7 heteroatoms. The first-order valence-corrected chi connectivity index (χ1v) is 8.50. The van der Waals surface area contributed by atoms with Crippen LogP contribution in [0.4, 0.5) is 10.5 Å². The van der Waals surface area contributed by atoms with Crippen LogP contribution >= 0.6 is 0 Å². The van der Waals surface area contributed by atoms with Crippen LogP contribution in [0.5, 0.6) is 0 Å². The highest BCUT2D eigenvalue weighted by Crippen LogP contribution is 2.18. The van der Waals surface area contributed by atoms with Crippen molar-refractivity contribution < 1.29 is 19.3 Å². The molecule has 0 saturated heterocycles. The number of benzene rings is 1. The Morgan fingerprint density at radius 1 is 1.08 bits per heavy atom. The zero-order valence-corrected chi connectivity index (χ0v) is 15.7. The molecule has 0 aliphatic rings. The van der Waals surface area contributed by atoms with Crippen molar-refractivity contribution in [3.05, 3.63) is 29.3 Å². The second-order valence-electron chi connectivity index (χ2n) is 6.46. The Bertz CT molecular complexity index is 610. The largest absolute Gasteiger partial charge is 0.335 e. The lowest BCUT2D eigenvalue weighted by Crippen LogP contribution is -3.11. The third kappa shape index (κ3) is 7.34. The average molecular weight is 349 g/mol. The Morgan fingerprint density at radius 3 is 2.20 bits per heavy atom. The molecule has 0 aliphatic carbocycles. The zero-order chi connectivity index (χ0) is 19.0. The van der Waals surface area contributed by atoms with Gasteiger partial charge in [0.2, 0.25) is 0 Å². The lowest BCUT2D eigenvalue weighted by atomic mass is 10.1. The molecule has 0 radical (unpaired) electrons. The molecular formula is C18H29N4O3+. The van der Waals surface area contributed by atoms with Crippen LogP contribution in [0.3, 0.4) is 0 Å². The van der Waals surface area contributed by atoms with Crippen molar-refractivity contribution in [2.45, 2.75) is 40.2 Å². The van der Waals surface area contributed by atoms with Crippen molar-refractivity contribution in [2.24, 2.45) is 0 Å². The van der Waals surface area contributed by atoms with Gasteiger partial charge >= 0.3 is 6.03 Å². The van der Waals surface area contributed by atoms with E-state index in [2.05, 4.69) is 16.0 Å². The first kappa shape index (κ1) is 20.6. The van der Waals surface area contributed by atoms with Crippen LogP contribution in [0.1, 0.15) is 31.4 Å². The molecule has 1 rings (SSSR count). The topological polar surface area (TPSA) is 91.7 Å². The predicted octanol–water partition coefficient (Wildman–Crippen LogP) is 0.381. The molecule has 1 aromatic carbocycles. The van der Waals surface area contributed by atoms with Crippen molar-refractivity contribution >= 4 is 23.5 Å². The van der Waals surface area contributed by atoms with Gasteiger partial charge in [0, 0.05) is 11.7 Å². The second kappa shape index (κ2) is 9.78. The number of nitrogens with one attached hydrogen (secondary N) is 4. The number of imide groups is 1. The molecule has 1 aromatic rings. The first-order valence-electron chi connectivity index (χ1n) is 8.50. The number of aryl methyl sites for hydroxylation is 2. The van der Waals surface area contributed by atoms with Gasteiger partial charge in [-0.1, -0.05) is 25.1 Å². The Hall–Kier alpha value is -2.41. The van der Waals surface area contributed by atoms with E-state index in [1.165, 1.54) is 0 Å². The molecular weight excluding hydrogens is 320 g/mol. The van der Waals surface area contributed by atoms with E-state index in [-0.39, 0.29) is 25.0 Å². The lowest BCUT2D eigenvalue weighted by Gasteiger charge is -2.16. The maximum atomic E-state index is 12.2. The Balaban J connectivity index is 2.45. The summed E-state index contributed by atoms with van der Waals surface area (Å²) in [5.41, 5.74) is 2.79. The van der Waals surface area contributed by atoms with Crippen LogP contribution < -0.4 is 20.9 Å². The third-order valence-corrected chi connectivity index (χ3v) is 3.91. The van der Waals surface area contributed by atoms with Gasteiger partial charge < -0.3 is 15.5 Å². The van der Waals surface area contributed by atoms with Gasteiger partial charge in [-0.15, -0.1) is 0 Å². The molecule has 0 spiro atoms. The SMILES string of the molecule is CC[C@@H](C)NC(=O)NC(=O)C[NH+](C)CC(=O)Nc1c(C)cccc1C. The maximum Gasteiger partial charge on any atom is 0.321 e. The normalized spacial score (nSPS) is 12.8. The fourth-order valence-corrected chi connectivity index (χ4v) is 2.34. The van der Waals surface area contributed by atoms with E-state index < -0.39 is 11.9 Å². The van der Waals surface area contributed by atoms with Gasteiger partial charge in [-0.3, -0.25) is 14.9 Å². The van der Waals surface area contributed by atoms with Crippen molar-refractivity contribution in [1.82, 2.24) is 10.6 Å². The Morgan fingerprint density at radius 2 is 1.64 bits per heavy atom. The van der Waals surface area contributed by atoms with Crippen LogP contribution in [0, 0.1) is 13.8 Å². The summed E-state index contributed by atoms with van der Waals surface area (Å²) in [6.07, 6.45) is 0.783. The summed E-state index contributed by atoms with van der Waals surface area (Å²) in [5, 5.41) is 7.82. The molecule has 4 amide bonds. The summed E-state index contributed by atoms with van der Waals surface area (Å²) in [4.78, 5) is 36.3. The zero-order valence-electron chi connectivity index (χ0n) is 15.7. The van der Waals surface area contributed by atoms with Gasteiger partial charge in [0.25, 0.3) is 11.8 Å². The number of hydrogen-bond donors (Lipinski definition) is 4. The maximum absolute atomic E-state index is 12.2. The van der Waals surface area contributed by atoms with Gasteiger partial charge in [-0.05, 0) is 38.3 Å². The molecule has 2 atom stereocenters. The average Bonchev–Trinajstić information content (AvgIpc) is 2.50. The lowest BCUT2D eigenvalue weighted by molar-refractivity contribution is -0.862. The number of quaternary nitrogens is 1. The monoisotopic (exact) mass is 349 g/mol. The molecule has 4 N–H and O–H groups in total. The summed E-state index contributed by atoms with van der Waals surface area (Å²) < 4.78 is 0. The highest BCUT2D eigenvalue weighted by molar-refractivity contribution is 5.95. The molecule has 7 nitrogen and oxygen atoms in total. The van der Waals surface area contributed by atoms with Crippen LogP contribution in [0.2, 0.25) is 0 Å². The molecule has 0 heterocycles. The minimum atomic E-state index is -0.507. The number of carbonyl (C=O) groups excluding carboxylic acids is 3. The van der Waals surface area contributed by atoms with Crippen LogP contribution in [0.15, 0.2) is 18.2 Å². The number of rotatable bonds is 7. The second-order valence-corrected chi connectivity index (χ2v) is 6.46. The van der Waals surface area contributed by atoms with Crippen molar-refractivity contribution in [3.63, 3.8) is 0 Å². The van der Waals surface area contributed by atoms with Crippen LogP contribution in [-0.4, -0.2) is 44.0 Å². The molecule has 0 fully saturated rings. The van der Waals surface area contributed by atoms with E-state index in [4.69, 9.17) is 0 Å². The number of anilines is 1. The number of para-hydroxylation sites is 1. The van der Waals surface area contributed by atoms with E-state index in [1.807, 2.05) is 45.9 Å². The molecule has 25 heavy (non-hydrogen) atoms. The molecule has 0 aromatic heterocycles. The van der Waals surface area contributed by atoms with E-state index in [9.17, 15) is 14.4 Å². The third-order valence-electron chi connectivity index (χ3n) is 3.91. The smallest absolute Gasteiger partial charge is 0.321 e. The number of likely N-dealkylation sites (N-methyl/N-ethyl adjacent to an activating group) is 1. The summed E-state index contributed by atoms with van der Waals surface area (Å²) in [5.74, 6) is -0.593. The van der Waals surface area contributed by atoms with E-state index in [1.54, 1.807) is 7.05 Å². The van der Waals surface area contributed by atoms with E-state index in [0.29, 0.717) is 4.90 Å². The number of urea groups is 1. The van der Waals surface area contributed by atoms with E-state index in [0.717, 1.165) is 23.2 Å². The fourth-order valence-electron chi connectivity index (χ4n) is 2.34. The highest BCUT2D eigenvalue weighted by atomic mass is 16.2. The van der Waals surface area contributed by atoms with Crippen molar-refractivity contribution in [3.8, 4) is 0 Å².